The normalized spacial score (nSPS) is 27.3. The minimum Gasteiger partial charge on any atom is -0.316 e. The first-order valence-electron chi connectivity index (χ1n) is 6.46. The molecule has 1 atom stereocenters. The van der Waals surface area contributed by atoms with E-state index in [1.165, 1.54) is 4.90 Å². The van der Waals surface area contributed by atoms with Gasteiger partial charge in [-0.25, -0.2) is 4.90 Å². The van der Waals surface area contributed by atoms with E-state index in [-0.39, 0.29) is 11.8 Å². The van der Waals surface area contributed by atoms with Gasteiger partial charge >= 0.3 is 0 Å². The van der Waals surface area contributed by atoms with Crippen molar-refractivity contribution in [3.8, 4) is 0 Å². The van der Waals surface area contributed by atoms with Crippen LogP contribution in [0, 0.1) is 5.41 Å². The van der Waals surface area contributed by atoms with Crippen LogP contribution in [0.4, 0.5) is 5.69 Å². The van der Waals surface area contributed by atoms with Crippen molar-refractivity contribution in [2.45, 2.75) is 19.3 Å². The number of carbonyl (C=O) groups is 2. The zero-order valence-electron chi connectivity index (χ0n) is 10.5. The molecule has 100 valence electrons. The van der Waals surface area contributed by atoms with E-state index in [0.717, 1.165) is 19.4 Å². The number of piperidine rings is 1. The zero-order chi connectivity index (χ0) is 13.5. The van der Waals surface area contributed by atoms with Gasteiger partial charge in [0.25, 0.3) is 0 Å². The third kappa shape index (κ3) is 2.05. The average Bonchev–Trinajstić information content (AvgIpc) is 2.62. The monoisotopic (exact) mass is 278 g/mol. The Balaban J connectivity index is 1.95. The number of hydrogen-bond donors (Lipinski definition) is 1. The van der Waals surface area contributed by atoms with Gasteiger partial charge in [-0.2, -0.15) is 0 Å². The van der Waals surface area contributed by atoms with Crippen LogP contribution in [-0.4, -0.2) is 24.9 Å². The molecule has 1 aromatic rings. The van der Waals surface area contributed by atoms with Gasteiger partial charge < -0.3 is 5.32 Å². The zero-order valence-corrected chi connectivity index (χ0v) is 11.2. The topological polar surface area (TPSA) is 49.4 Å². The van der Waals surface area contributed by atoms with E-state index < -0.39 is 5.41 Å². The maximum Gasteiger partial charge on any atom is 0.241 e. The van der Waals surface area contributed by atoms with Crippen LogP contribution in [0.1, 0.15) is 19.3 Å². The van der Waals surface area contributed by atoms with Crippen LogP contribution < -0.4 is 10.2 Å². The van der Waals surface area contributed by atoms with Crippen molar-refractivity contribution in [2.24, 2.45) is 5.41 Å². The molecule has 1 spiro atoms. The summed E-state index contributed by atoms with van der Waals surface area (Å²) in [6, 6.07) is 6.89. The number of nitrogens with zero attached hydrogens (tertiary/aromatic N) is 1. The molecule has 0 radical (unpaired) electrons. The summed E-state index contributed by atoms with van der Waals surface area (Å²) in [5.41, 5.74) is 0.0300. The molecule has 19 heavy (non-hydrogen) atoms. The highest BCUT2D eigenvalue weighted by Crippen LogP contribution is 2.40. The second-order valence-electron chi connectivity index (χ2n) is 5.25. The van der Waals surface area contributed by atoms with E-state index >= 15 is 0 Å². The number of halogens is 1. The fourth-order valence-electron chi connectivity index (χ4n) is 2.97. The lowest BCUT2D eigenvalue weighted by Crippen LogP contribution is -2.45. The maximum absolute atomic E-state index is 12.6. The molecule has 4 nitrogen and oxygen atoms in total. The van der Waals surface area contributed by atoms with E-state index in [0.29, 0.717) is 23.7 Å². The highest BCUT2D eigenvalue weighted by atomic mass is 35.5. The van der Waals surface area contributed by atoms with Crippen molar-refractivity contribution in [2.75, 3.05) is 18.0 Å². The van der Waals surface area contributed by atoms with Crippen LogP contribution in [0.5, 0.6) is 0 Å². The average molecular weight is 279 g/mol. The van der Waals surface area contributed by atoms with Crippen molar-refractivity contribution < 1.29 is 9.59 Å². The van der Waals surface area contributed by atoms with Crippen molar-refractivity contribution in [1.82, 2.24) is 5.32 Å². The molecular weight excluding hydrogens is 264 g/mol. The first kappa shape index (κ1) is 12.6. The maximum atomic E-state index is 12.6. The second kappa shape index (κ2) is 4.62. The molecule has 1 N–H and O–H groups in total. The molecule has 3 rings (SSSR count). The number of hydrogen-bond acceptors (Lipinski definition) is 3. The molecule has 2 heterocycles. The van der Waals surface area contributed by atoms with Gasteiger partial charge in [-0.05, 0) is 37.6 Å². The Kier molecular flexibility index (Phi) is 3.07. The summed E-state index contributed by atoms with van der Waals surface area (Å²) in [5.74, 6) is -0.220. The molecule has 1 aromatic carbocycles. The van der Waals surface area contributed by atoms with E-state index in [1.54, 1.807) is 24.3 Å². The van der Waals surface area contributed by atoms with Crippen LogP contribution in [0.3, 0.4) is 0 Å². The lowest BCUT2D eigenvalue weighted by atomic mass is 9.79. The third-order valence-corrected chi connectivity index (χ3v) is 4.17. The SMILES string of the molecule is O=C1C[C@]2(CCCNC2)C(=O)N1c1cccc(Cl)c1. The number of benzene rings is 1. The molecule has 2 saturated heterocycles. The fourth-order valence-corrected chi connectivity index (χ4v) is 3.16. The quantitative estimate of drug-likeness (QED) is 0.799. The molecule has 0 aromatic heterocycles. The Hall–Kier alpha value is -1.39. The van der Waals surface area contributed by atoms with Crippen molar-refractivity contribution >= 4 is 29.1 Å². The predicted octanol–water partition coefficient (Wildman–Crippen LogP) is 1.97. The number of amides is 2. The van der Waals surface area contributed by atoms with Crippen LogP contribution in [0.25, 0.3) is 0 Å². The van der Waals surface area contributed by atoms with E-state index in [9.17, 15) is 9.59 Å². The lowest BCUT2D eigenvalue weighted by Gasteiger charge is -2.31. The van der Waals surface area contributed by atoms with E-state index in [4.69, 9.17) is 11.6 Å². The first-order chi connectivity index (χ1) is 9.12. The molecule has 5 heteroatoms. The highest BCUT2D eigenvalue weighted by Gasteiger charge is 2.52. The van der Waals surface area contributed by atoms with Gasteiger partial charge in [0.05, 0.1) is 11.1 Å². The van der Waals surface area contributed by atoms with Gasteiger partial charge in [-0.3, -0.25) is 9.59 Å². The van der Waals surface area contributed by atoms with Gasteiger partial charge in [-0.15, -0.1) is 0 Å². The van der Waals surface area contributed by atoms with Gasteiger partial charge in [-0.1, -0.05) is 17.7 Å². The van der Waals surface area contributed by atoms with Gasteiger partial charge in [0.15, 0.2) is 0 Å². The third-order valence-electron chi connectivity index (χ3n) is 3.93. The number of carbonyl (C=O) groups excluding carboxylic acids is 2. The Bertz CT molecular complexity index is 538. The Morgan fingerprint density at radius 2 is 2.16 bits per heavy atom. The number of imide groups is 1. The molecular formula is C14H15ClN2O2. The molecule has 2 aliphatic rings. The first-order valence-corrected chi connectivity index (χ1v) is 6.84. The molecule has 2 fully saturated rings. The molecule has 0 saturated carbocycles. The van der Waals surface area contributed by atoms with Crippen LogP contribution in [0.2, 0.25) is 5.02 Å². The summed E-state index contributed by atoms with van der Waals surface area (Å²) in [4.78, 5) is 26.1. The minimum absolute atomic E-state index is 0.0908. The summed E-state index contributed by atoms with van der Waals surface area (Å²) in [5, 5.41) is 3.75. The van der Waals surface area contributed by atoms with Crippen molar-refractivity contribution in [3.63, 3.8) is 0 Å². The molecule has 2 aliphatic heterocycles. The summed E-state index contributed by atoms with van der Waals surface area (Å²) >= 11 is 5.93. The van der Waals surface area contributed by atoms with Gasteiger partial charge in [0.1, 0.15) is 0 Å². The summed E-state index contributed by atoms with van der Waals surface area (Å²) < 4.78 is 0. The number of rotatable bonds is 1. The Morgan fingerprint density at radius 3 is 2.84 bits per heavy atom. The van der Waals surface area contributed by atoms with E-state index in [2.05, 4.69) is 5.32 Å². The van der Waals surface area contributed by atoms with E-state index in [1.807, 2.05) is 0 Å². The second-order valence-corrected chi connectivity index (χ2v) is 5.69. The van der Waals surface area contributed by atoms with Crippen LogP contribution >= 0.6 is 11.6 Å². The molecule has 0 bridgehead atoms. The summed E-state index contributed by atoms with van der Waals surface area (Å²) in [6.07, 6.45) is 2.01. The Labute approximate surface area is 116 Å². The van der Waals surface area contributed by atoms with Gasteiger partial charge in [0, 0.05) is 18.0 Å². The van der Waals surface area contributed by atoms with Crippen molar-refractivity contribution in [1.29, 1.82) is 0 Å². The summed E-state index contributed by atoms with van der Waals surface area (Å²) in [6.45, 7) is 1.51. The molecule has 0 unspecified atom stereocenters. The standard InChI is InChI=1S/C14H15ClN2O2/c15-10-3-1-4-11(7-10)17-12(18)8-14(13(17)19)5-2-6-16-9-14/h1,3-4,7,16H,2,5-6,8-9H2/t14-/m0/s1. The lowest BCUT2D eigenvalue weighted by molar-refractivity contribution is -0.126. The van der Waals surface area contributed by atoms with Crippen molar-refractivity contribution in [3.05, 3.63) is 29.3 Å². The molecule has 0 aliphatic carbocycles. The smallest absolute Gasteiger partial charge is 0.241 e. The summed E-state index contributed by atoms with van der Waals surface area (Å²) in [7, 11) is 0. The highest BCUT2D eigenvalue weighted by molar-refractivity contribution is 6.31. The minimum atomic E-state index is -0.544. The number of anilines is 1. The van der Waals surface area contributed by atoms with Gasteiger partial charge in [0.2, 0.25) is 11.8 Å². The number of nitrogens with one attached hydrogen (secondary N) is 1. The fraction of sp³-hybridized carbons (Fsp3) is 0.429. The van der Waals surface area contributed by atoms with Crippen LogP contribution in [0.15, 0.2) is 24.3 Å². The largest absolute Gasteiger partial charge is 0.316 e. The predicted molar refractivity (Wildman–Crippen MR) is 73.1 cm³/mol. The van der Waals surface area contributed by atoms with Crippen LogP contribution in [-0.2, 0) is 9.59 Å². The Morgan fingerprint density at radius 1 is 1.32 bits per heavy atom. The molecule has 2 amide bonds.